The van der Waals surface area contributed by atoms with Crippen molar-refractivity contribution in [3.8, 4) is 0 Å². The maximum Gasteiger partial charge on any atom is 0.194 e. The standard InChI is InChI=1S/C20H17NO/c1-21(2)16-9-10-17-14(12-16)7-8-15-11-13-5-3-4-6-18(13)20(22)19(15)17/h3-10,12H,11H2,1-2H3. The van der Waals surface area contributed by atoms with E-state index in [0.29, 0.717) is 0 Å². The Labute approximate surface area is 130 Å². The number of hydrogen-bond donors (Lipinski definition) is 0. The van der Waals surface area contributed by atoms with E-state index in [9.17, 15) is 4.79 Å². The van der Waals surface area contributed by atoms with E-state index in [-0.39, 0.29) is 5.78 Å². The van der Waals surface area contributed by atoms with Crippen LogP contribution >= 0.6 is 0 Å². The van der Waals surface area contributed by atoms with Crippen molar-refractivity contribution in [1.82, 2.24) is 0 Å². The highest BCUT2D eigenvalue weighted by atomic mass is 16.1. The maximum absolute atomic E-state index is 12.9. The SMILES string of the molecule is CN(C)c1ccc2c3c(ccc2c1)Cc1ccccc1C3=O. The van der Waals surface area contributed by atoms with Crippen molar-refractivity contribution in [2.24, 2.45) is 0 Å². The molecule has 0 amide bonds. The molecule has 2 heteroatoms. The summed E-state index contributed by atoms with van der Waals surface area (Å²) in [6, 6.07) is 18.5. The predicted molar refractivity (Wildman–Crippen MR) is 91.0 cm³/mol. The molecular formula is C20H17NO. The third-order valence-electron chi connectivity index (χ3n) is 4.48. The summed E-state index contributed by atoms with van der Waals surface area (Å²) in [6.07, 6.45) is 0.836. The molecule has 0 heterocycles. The molecule has 2 nitrogen and oxygen atoms in total. The van der Waals surface area contributed by atoms with E-state index < -0.39 is 0 Å². The summed E-state index contributed by atoms with van der Waals surface area (Å²) >= 11 is 0. The van der Waals surface area contributed by atoms with Gasteiger partial charge in [-0.05, 0) is 40.5 Å². The van der Waals surface area contributed by atoms with Crippen LogP contribution in [-0.2, 0) is 6.42 Å². The number of carbonyl (C=O) groups excluding carboxylic acids is 1. The molecule has 3 aromatic carbocycles. The van der Waals surface area contributed by atoms with Gasteiger partial charge in [-0.1, -0.05) is 42.5 Å². The molecule has 4 rings (SSSR count). The summed E-state index contributed by atoms with van der Waals surface area (Å²) in [5.74, 6) is 0.153. The van der Waals surface area contributed by atoms with E-state index >= 15 is 0 Å². The molecule has 0 spiro atoms. The van der Waals surface area contributed by atoms with E-state index in [1.165, 1.54) is 0 Å². The van der Waals surface area contributed by atoms with Crippen molar-refractivity contribution >= 4 is 22.2 Å². The first-order chi connectivity index (χ1) is 10.6. The highest BCUT2D eigenvalue weighted by molar-refractivity contribution is 6.19. The lowest BCUT2D eigenvalue weighted by Gasteiger charge is -2.21. The first-order valence-electron chi connectivity index (χ1n) is 7.51. The van der Waals surface area contributed by atoms with Gasteiger partial charge in [0.05, 0.1) is 0 Å². The van der Waals surface area contributed by atoms with Gasteiger partial charge < -0.3 is 4.90 Å². The number of rotatable bonds is 1. The zero-order valence-electron chi connectivity index (χ0n) is 12.8. The van der Waals surface area contributed by atoms with Crippen LogP contribution in [0.2, 0.25) is 0 Å². The lowest BCUT2D eigenvalue weighted by atomic mass is 9.82. The smallest absolute Gasteiger partial charge is 0.194 e. The molecule has 0 unspecified atom stereocenters. The topological polar surface area (TPSA) is 20.3 Å². The Hall–Kier alpha value is -2.61. The van der Waals surface area contributed by atoms with Gasteiger partial charge in [0, 0.05) is 30.9 Å². The number of ketones is 1. The number of anilines is 1. The summed E-state index contributed by atoms with van der Waals surface area (Å²) < 4.78 is 0. The number of hydrogen-bond acceptors (Lipinski definition) is 2. The van der Waals surface area contributed by atoms with Crippen molar-refractivity contribution in [1.29, 1.82) is 0 Å². The largest absolute Gasteiger partial charge is 0.378 e. The molecule has 1 aliphatic rings. The minimum atomic E-state index is 0.153. The Morgan fingerprint density at radius 1 is 0.909 bits per heavy atom. The van der Waals surface area contributed by atoms with Crippen molar-refractivity contribution < 1.29 is 4.79 Å². The maximum atomic E-state index is 12.9. The van der Waals surface area contributed by atoms with Crippen LogP contribution in [0.3, 0.4) is 0 Å². The van der Waals surface area contributed by atoms with Crippen LogP contribution in [0.5, 0.6) is 0 Å². The number of benzene rings is 3. The molecule has 0 aliphatic heterocycles. The van der Waals surface area contributed by atoms with Crippen LogP contribution in [0, 0.1) is 0 Å². The second kappa shape index (κ2) is 4.70. The number of nitrogens with zero attached hydrogens (tertiary/aromatic N) is 1. The molecule has 22 heavy (non-hydrogen) atoms. The van der Waals surface area contributed by atoms with E-state index in [0.717, 1.165) is 45.1 Å². The third kappa shape index (κ3) is 1.84. The van der Waals surface area contributed by atoms with Gasteiger partial charge in [-0.15, -0.1) is 0 Å². The van der Waals surface area contributed by atoms with Crippen molar-refractivity contribution in [3.05, 3.63) is 76.9 Å². The van der Waals surface area contributed by atoms with Gasteiger partial charge in [0.2, 0.25) is 0 Å². The average molecular weight is 287 g/mol. The molecule has 0 fully saturated rings. The summed E-state index contributed by atoms with van der Waals surface area (Å²) in [5.41, 5.74) is 5.13. The minimum absolute atomic E-state index is 0.153. The molecule has 3 aromatic rings. The molecule has 0 aromatic heterocycles. The lowest BCUT2D eigenvalue weighted by Crippen LogP contribution is -2.15. The second-order valence-corrected chi connectivity index (χ2v) is 6.06. The quantitative estimate of drug-likeness (QED) is 0.526. The van der Waals surface area contributed by atoms with Gasteiger partial charge in [-0.2, -0.15) is 0 Å². The van der Waals surface area contributed by atoms with Crippen LogP contribution in [0.15, 0.2) is 54.6 Å². The lowest BCUT2D eigenvalue weighted by molar-refractivity contribution is 0.103. The van der Waals surface area contributed by atoms with E-state index in [4.69, 9.17) is 0 Å². The van der Waals surface area contributed by atoms with Gasteiger partial charge >= 0.3 is 0 Å². The predicted octanol–water partition coefficient (Wildman–Crippen LogP) is 4.04. The normalized spacial score (nSPS) is 12.9. The summed E-state index contributed by atoms with van der Waals surface area (Å²) in [7, 11) is 4.06. The zero-order chi connectivity index (χ0) is 15.3. The Kier molecular flexibility index (Phi) is 2.80. The molecule has 0 saturated carbocycles. The Morgan fingerprint density at radius 3 is 2.55 bits per heavy atom. The zero-order valence-corrected chi connectivity index (χ0v) is 12.8. The molecule has 1 aliphatic carbocycles. The Balaban J connectivity index is 1.97. The number of carbonyl (C=O) groups is 1. The van der Waals surface area contributed by atoms with Gasteiger partial charge in [-0.3, -0.25) is 4.79 Å². The fraction of sp³-hybridized carbons (Fsp3) is 0.150. The second-order valence-electron chi connectivity index (χ2n) is 6.06. The summed E-state index contributed by atoms with van der Waals surface area (Å²) in [5, 5.41) is 2.18. The highest BCUT2D eigenvalue weighted by Gasteiger charge is 2.24. The average Bonchev–Trinajstić information content (AvgIpc) is 2.54. The number of fused-ring (bicyclic) bond motifs is 4. The molecule has 0 bridgehead atoms. The first kappa shape index (κ1) is 13.1. The van der Waals surface area contributed by atoms with E-state index in [2.05, 4.69) is 41.3 Å². The van der Waals surface area contributed by atoms with Crippen molar-refractivity contribution in [3.63, 3.8) is 0 Å². The van der Waals surface area contributed by atoms with Gasteiger partial charge in [-0.25, -0.2) is 0 Å². The fourth-order valence-corrected chi connectivity index (χ4v) is 3.29. The minimum Gasteiger partial charge on any atom is -0.378 e. The van der Waals surface area contributed by atoms with Gasteiger partial charge in [0.1, 0.15) is 0 Å². The van der Waals surface area contributed by atoms with Crippen LogP contribution in [0.25, 0.3) is 10.8 Å². The molecule has 0 N–H and O–H groups in total. The third-order valence-corrected chi connectivity index (χ3v) is 4.48. The first-order valence-corrected chi connectivity index (χ1v) is 7.51. The Morgan fingerprint density at radius 2 is 1.73 bits per heavy atom. The van der Waals surface area contributed by atoms with Crippen LogP contribution in [0.1, 0.15) is 27.0 Å². The fourth-order valence-electron chi connectivity index (χ4n) is 3.29. The molecular weight excluding hydrogens is 270 g/mol. The molecule has 0 atom stereocenters. The van der Waals surface area contributed by atoms with Gasteiger partial charge in [0.25, 0.3) is 0 Å². The van der Waals surface area contributed by atoms with Crippen molar-refractivity contribution in [2.75, 3.05) is 19.0 Å². The van der Waals surface area contributed by atoms with Crippen LogP contribution in [-0.4, -0.2) is 19.9 Å². The molecule has 108 valence electrons. The molecule has 0 radical (unpaired) electrons. The van der Waals surface area contributed by atoms with E-state index in [1.807, 2.05) is 32.3 Å². The highest BCUT2D eigenvalue weighted by Crippen LogP contribution is 2.33. The van der Waals surface area contributed by atoms with E-state index in [1.54, 1.807) is 0 Å². The van der Waals surface area contributed by atoms with Crippen molar-refractivity contribution in [2.45, 2.75) is 6.42 Å². The van der Waals surface area contributed by atoms with Crippen LogP contribution < -0.4 is 4.90 Å². The summed E-state index contributed by atoms with van der Waals surface area (Å²) in [6.45, 7) is 0. The Bertz CT molecular complexity index is 909. The summed E-state index contributed by atoms with van der Waals surface area (Å²) in [4.78, 5) is 15.0. The monoisotopic (exact) mass is 287 g/mol. The molecule has 0 saturated heterocycles. The van der Waals surface area contributed by atoms with Gasteiger partial charge in [0.15, 0.2) is 5.78 Å². The van der Waals surface area contributed by atoms with Crippen LogP contribution in [0.4, 0.5) is 5.69 Å².